The first-order valence-corrected chi connectivity index (χ1v) is 9.86. The first kappa shape index (κ1) is 21.8. The van der Waals surface area contributed by atoms with Crippen molar-refractivity contribution in [2.45, 2.75) is 71.1 Å². The number of rotatable bonds is 6. The van der Waals surface area contributed by atoms with E-state index in [2.05, 4.69) is 55.6 Å². The lowest BCUT2D eigenvalue weighted by Gasteiger charge is -2.35. The molecule has 144 valence electrons. The number of hydrogen-bond donors (Lipinski definition) is 3. The van der Waals surface area contributed by atoms with Gasteiger partial charge >= 0.3 is 0 Å². The van der Waals surface area contributed by atoms with Crippen LogP contribution in [0.2, 0.25) is 0 Å². The fourth-order valence-corrected chi connectivity index (χ4v) is 3.07. The molecule has 0 aromatic rings. The SMILES string of the molecule is CC(C)NCC1(F)CCN(C)CC1.CC(C)NCC1CCNCC1. The van der Waals surface area contributed by atoms with Gasteiger partial charge in [0.25, 0.3) is 0 Å². The Morgan fingerprint density at radius 2 is 1.58 bits per heavy atom. The highest BCUT2D eigenvalue weighted by Crippen LogP contribution is 2.25. The van der Waals surface area contributed by atoms with E-state index in [1.807, 2.05) is 0 Å². The number of nitrogens with zero attached hydrogens (tertiary/aromatic N) is 1. The van der Waals surface area contributed by atoms with Gasteiger partial charge in [-0.2, -0.15) is 0 Å². The molecule has 4 nitrogen and oxygen atoms in total. The van der Waals surface area contributed by atoms with Gasteiger partial charge in [0.2, 0.25) is 0 Å². The molecule has 5 heteroatoms. The van der Waals surface area contributed by atoms with E-state index in [0.29, 0.717) is 31.5 Å². The molecule has 0 atom stereocenters. The molecule has 2 saturated heterocycles. The molecule has 24 heavy (non-hydrogen) atoms. The van der Waals surface area contributed by atoms with Crippen LogP contribution in [-0.2, 0) is 0 Å². The summed E-state index contributed by atoms with van der Waals surface area (Å²) in [6.45, 7) is 14.4. The minimum atomic E-state index is -0.962. The van der Waals surface area contributed by atoms with Gasteiger partial charge in [-0.3, -0.25) is 0 Å². The quantitative estimate of drug-likeness (QED) is 0.692. The van der Waals surface area contributed by atoms with Gasteiger partial charge in [-0.15, -0.1) is 0 Å². The van der Waals surface area contributed by atoms with Crippen LogP contribution in [0.1, 0.15) is 53.4 Å². The summed E-state index contributed by atoms with van der Waals surface area (Å²) in [6.07, 6.45) is 4.03. The lowest BCUT2D eigenvalue weighted by Crippen LogP contribution is -2.47. The smallest absolute Gasteiger partial charge is 0.125 e. The Morgan fingerprint density at radius 1 is 1.04 bits per heavy atom. The van der Waals surface area contributed by atoms with Gasteiger partial charge in [0, 0.05) is 31.7 Å². The molecule has 0 saturated carbocycles. The molecule has 2 aliphatic rings. The van der Waals surface area contributed by atoms with Crippen LogP contribution >= 0.6 is 0 Å². The van der Waals surface area contributed by atoms with Gasteiger partial charge < -0.3 is 20.9 Å². The third kappa shape index (κ3) is 9.92. The molecule has 0 aliphatic carbocycles. The monoisotopic (exact) mass is 344 g/mol. The molecular formula is C19H41FN4. The Hall–Kier alpha value is -0.230. The van der Waals surface area contributed by atoms with Crippen LogP contribution in [0.4, 0.5) is 4.39 Å². The summed E-state index contributed by atoms with van der Waals surface area (Å²) in [6, 6.07) is 1.03. The van der Waals surface area contributed by atoms with E-state index in [9.17, 15) is 4.39 Å². The minimum Gasteiger partial charge on any atom is -0.317 e. The van der Waals surface area contributed by atoms with Crippen molar-refractivity contribution in [1.82, 2.24) is 20.9 Å². The molecule has 0 bridgehead atoms. The molecule has 2 heterocycles. The van der Waals surface area contributed by atoms with Crippen LogP contribution in [0.3, 0.4) is 0 Å². The molecule has 0 aromatic carbocycles. The molecule has 0 amide bonds. The Morgan fingerprint density at radius 3 is 2.08 bits per heavy atom. The van der Waals surface area contributed by atoms with Crippen molar-refractivity contribution in [2.24, 2.45) is 5.92 Å². The van der Waals surface area contributed by atoms with Crippen molar-refractivity contribution < 1.29 is 4.39 Å². The fourth-order valence-electron chi connectivity index (χ4n) is 3.07. The first-order valence-electron chi connectivity index (χ1n) is 9.86. The maximum atomic E-state index is 14.0. The summed E-state index contributed by atoms with van der Waals surface area (Å²) in [4.78, 5) is 2.19. The normalized spacial score (nSPS) is 22.5. The third-order valence-corrected chi connectivity index (χ3v) is 4.98. The number of alkyl halides is 1. The fraction of sp³-hybridized carbons (Fsp3) is 1.00. The van der Waals surface area contributed by atoms with Gasteiger partial charge in [-0.05, 0) is 58.3 Å². The maximum Gasteiger partial charge on any atom is 0.125 e. The van der Waals surface area contributed by atoms with Crippen molar-refractivity contribution >= 4 is 0 Å². The molecule has 0 unspecified atom stereocenters. The van der Waals surface area contributed by atoms with Crippen LogP contribution in [0.5, 0.6) is 0 Å². The maximum absolute atomic E-state index is 14.0. The van der Waals surface area contributed by atoms with Crippen molar-refractivity contribution in [1.29, 1.82) is 0 Å². The predicted octanol–water partition coefficient (Wildman–Crippen LogP) is 2.40. The lowest BCUT2D eigenvalue weighted by molar-refractivity contribution is 0.0672. The van der Waals surface area contributed by atoms with E-state index >= 15 is 0 Å². The second kappa shape index (κ2) is 11.4. The Balaban J connectivity index is 0.000000243. The van der Waals surface area contributed by atoms with E-state index < -0.39 is 5.67 Å². The van der Waals surface area contributed by atoms with Crippen molar-refractivity contribution in [3.8, 4) is 0 Å². The summed E-state index contributed by atoms with van der Waals surface area (Å²) < 4.78 is 14.0. The van der Waals surface area contributed by atoms with Crippen LogP contribution < -0.4 is 16.0 Å². The topological polar surface area (TPSA) is 39.3 Å². The Kier molecular flexibility index (Phi) is 10.4. The largest absolute Gasteiger partial charge is 0.317 e. The van der Waals surface area contributed by atoms with E-state index in [0.717, 1.165) is 19.0 Å². The van der Waals surface area contributed by atoms with Crippen LogP contribution in [0.25, 0.3) is 0 Å². The molecule has 2 rings (SSSR count). The molecule has 2 fully saturated rings. The van der Waals surface area contributed by atoms with Crippen LogP contribution in [0.15, 0.2) is 0 Å². The predicted molar refractivity (Wildman–Crippen MR) is 102 cm³/mol. The van der Waals surface area contributed by atoms with E-state index in [-0.39, 0.29) is 0 Å². The van der Waals surface area contributed by atoms with Crippen molar-refractivity contribution in [3.63, 3.8) is 0 Å². The molecule has 2 aliphatic heterocycles. The lowest BCUT2D eigenvalue weighted by atomic mass is 9.93. The van der Waals surface area contributed by atoms with Gasteiger partial charge in [0.1, 0.15) is 5.67 Å². The van der Waals surface area contributed by atoms with E-state index in [1.165, 1.54) is 32.5 Å². The van der Waals surface area contributed by atoms with Crippen LogP contribution in [-0.4, -0.2) is 69.0 Å². The third-order valence-electron chi connectivity index (χ3n) is 4.98. The van der Waals surface area contributed by atoms with E-state index in [1.54, 1.807) is 0 Å². The zero-order valence-corrected chi connectivity index (χ0v) is 16.6. The van der Waals surface area contributed by atoms with Gasteiger partial charge in [-0.25, -0.2) is 4.39 Å². The number of likely N-dealkylation sites (tertiary alicyclic amines) is 1. The molecule has 3 N–H and O–H groups in total. The molecule has 0 radical (unpaired) electrons. The average Bonchev–Trinajstić information content (AvgIpc) is 2.56. The van der Waals surface area contributed by atoms with Gasteiger partial charge in [0.05, 0.1) is 0 Å². The molecular weight excluding hydrogens is 303 g/mol. The van der Waals surface area contributed by atoms with Crippen LogP contribution in [0, 0.1) is 5.92 Å². The summed E-state index contributed by atoms with van der Waals surface area (Å²) in [5.41, 5.74) is -0.962. The van der Waals surface area contributed by atoms with Crippen molar-refractivity contribution in [3.05, 3.63) is 0 Å². The number of hydrogen-bond acceptors (Lipinski definition) is 4. The number of nitrogens with one attached hydrogen (secondary N) is 3. The highest BCUT2D eigenvalue weighted by atomic mass is 19.1. The zero-order chi connectivity index (χ0) is 18.0. The summed E-state index contributed by atoms with van der Waals surface area (Å²) in [5, 5.41) is 10.0. The average molecular weight is 345 g/mol. The van der Waals surface area contributed by atoms with Crippen molar-refractivity contribution in [2.75, 3.05) is 46.3 Å². The summed E-state index contributed by atoms with van der Waals surface area (Å²) in [5.74, 6) is 0.915. The van der Waals surface area contributed by atoms with Gasteiger partial charge in [0.15, 0.2) is 0 Å². The standard InChI is InChI=1S/C10H21FN2.C9H20N2/c1-9(2)12-8-10(11)4-6-13(3)7-5-10;1-8(2)11-7-9-3-5-10-6-4-9/h9,12H,4-8H2,1-3H3;8-11H,3-7H2,1-2H3. The highest BCUT2D eigenvalue weighted by molar-refractivity contribution is 4.87. The molecule has 0 spiro atoms. The Bertz CT molecular complexity index is 308. The number of halogens is 1. The first-order chi connectivity index (χ1) is 11.3. The second-order valence-electron chi connectivity index (χ2n) is 8.25. The number of piperidine rings is 2. The van der Waals surface area contributed by atoms with E-state index in [4.69, 9.17) is 0 Å². The molecule has 0 aromatic heterocycles. The summed E-state index contributed by atoms with van der Waals surface area (Å²) >= 11 is 0. The van der Waals surface area contributed by atoms with Gasteiger partial charge in [-0.1, -0.05) is 27.7 Å². The minimum absolute atomic E-state index is 0.382. The summed E-state index contributed by atoms with van der Waals surface area (Å²) in [7, 11) is 2.05. The highest BCUT2D eigenvalue weighted by Gasteiger charge is 2.33. The Labute approximate surface area is 149 Å². The zero-order valence-electron chi connectivity index (χ0n) is 16.6. The second-order valence-corrected chi connectivity index (χ2v) is 8.25.